The van der Waals surface area contributed by atoms with Crippen molar-refractivity contribution >= 4 is 11.9 Å². The average Bonchev–Trinajstić information content (AvgIpc) is 3.03. The van der Waals surface area contributed by atoms with Crippen LogP contribution in [0, 0.1) is 5.41 Å². The Balaban J connectivity index is 0.00000625. The highest BCUT2D eigenvalue weighted by Crippen LogP contribution is 2.17. The van der Waals surface area contributed by atoms with Gasteiger partial charge in [-0.25, -0.2) is 9.13 Å². The van der Waals surface area contributed by atoms with Crippen LogP contribution in [0.5, 0.6) is 0 Å². The van der Waals surface area contributed by atoms with Crippen molar-refractivity contribution in [3.05, 3.63) is 18.7 Å². The lowest BCUT2D eigenvalue weighted by atomic mass is 9.91. The topological polar surface area (TPSA) is 73.4 Å². The molecule has 0 fully saturated rings. The van der Waals surface area contributed by atoms with Crippen LogP contribution in [0.4, 0.5) is 0 Å². The quantitative estimate of drug-likeness (QED) is 0.242. The number of methoxy groups -OCH3 is 1. The molecule has 0 spiro atoms. The van der Waals surface area contributed by atoms with Gasteiger partial charge in [0.2, 0.25) is 12.2 Å². The zero-order valence-electron chi connectivity index (χ0n) is 16.3. The SMILES string of the molecule is CCCCn1cc[n+](CCCNC(=O)C(C)(COC)COC(C)=O)c1.[Br-]. The van der Waals surface area contributed by atoms with Crippen LogP contribution in [-0.2, 0) is 32.2 Å². The Bertz CT molecular complexity index is 550. The van der Waals surface area contributed by atoms with Gasteiger partial charge in [0.15, 0.2) is 0 Å². The Labute approximate surface area is 166 Å². The van der Waals surface area contributed by atoms with Crippen molar-refractivity contribution in [1.82, 2.24) is 9.88 Å². The van der Waals surface area contributed by atoms with E-state index >= 15 is 0 Å². The molecule has 0 aromatic carbocycles. The molecule has 0 saturated heterocycles. The number of rotatable bonds is 12. The molecule has 0 bridgehead atoms. The lowest BCUT2D eigenvalue weighted by Crippen LogP contribution is -3.00. The second kappa shape index (κ2) is 12.9. The van der Waals surface area contributed by atoms with Gasteiger partial charge in [-0.1, -0.05) is 13.3 Å². The van der Waals surface area contributed by atoms with Crippen LogP contribution < -0.4 is 26.9 Å². The Kier molecular flexibility index (Phi) is 12.2. The van der Waals surface area contributed by atoms with Crippen molar-refractivity contribution < 1.29 is 40.6 Å². The molecular formula is C18H32BrN3O4. The van der Waals surface area contributed by atoms with Crippen molar-refractivity contribution in [2.45, 2.75) is 53.1 Å². The molecule has 1 heterocycles. The number of aromatic nitrogens is 2. The first kappa shape index (κ1) is 24.6. The number of esters is 1. The number of halogens is 1. The maximum atomic E-state index is 12.4. The Hall–Kier alpha value is -1.41. The van der Waals surface area contributed by atoms with E-state index in [4.69, 9.17) is 9.47 Å². The Morgan fingerprint density at radius 1 is 1.27 bits per heavy atom. The van der Waals surface area contributed by atoms with Gasteiger partial charge in [0.1, 0.15) is 24.4 Å². The molecule has 1 aromatic rings. The van der Waals surface area contributed by atoms with E-state index < -0.39 is 11.4 Å². The van der Waals surface area contributed by atoms with E-state index in [9.17, 15) is 9.59 Å². The number of amides is 1. The number of nitrogens with zero attached hydrogens (tertiary/aromatic N) is 2. The van der Waals surface area contributed by atoms with E-state index in [0.29, 0.717) is 6.54 Å². The van der Waals surface area contributed by atoms with Crippen LogP contribution in [0.25, 0.3) is 0 Å². The summed E-state index contributed by atoms with van der Waals surface area (Å²) in [4.78, 5) is 23.4. The third-order valence-electron chi connectivity index (χ3n) is 4.00. The zero-order valence-corrected chi connectivity index (χ0v) is 17.9. The molecule has 1 N–H and O–H groups in total. The van der Waals surface area contributed by atoms with Gasteiger partial charge in [-0.2, -0.15) is 0 Å². The van der Waals surface area contributed by atoms with Gasteiger partial charge in [-0.05, 0) is 13.3 Å². The van der Waals surface area contributed by atoms with Crippen molar-refractivity contribution in [3.63, 3.8) is 0 Å². The third-order valence-corrected chi connectivity index (χ3v) is 4.00. The van der Waals surface area contributed by atoms with E-state index in [1.54, 1.807) is 6.92 Å². The molecule has 150 valence electrons. The Morgan fingerprint density at radius 2 is 2.00 bits per heavy atom. The van der Waals surface area contributed by atoms with Gasteiger partial charge >= 0.3 is 5.97 Å². The molecule has 1 rings (SSSR count). The molecule has 8 heteroatoms. The molecule has 0 saturated carbocycles. The van der Waals surface area contributed by atoms with Gasteiger partial charge in [0.25, 0.3) is 0 Å². The monoisotopic (exact) mass is 433 g/mol. The molecule has 1 unspecified atom stereocenters. The summed E-state index contributed by atoms with van der Waals surface area (Å²) >= 11 is 0. The number of unbranched alkanes of at least 4 members (excludes halogenated alkanes) is 1. The lowest BCUT2D eigenvalue weighted by Gasteiger charge is -2.26. The van der Waals surface area contributed by atoms with Gasteiger partial charge in [0.05, 0.1) is 19.7 Å². The minimum absolute atomic E-state index is 0. The molecular weight excluding hydrogens is 402 g/mol. The first-order valence-electron chi connectivity index (χ1n) is 8.86. The molecule has 1 amide bonds. The van der Waals surface area contributed by atoms with Gasteiger partial charge < -0.3 is 31.8 Å². The van der Waals surface area contributed by atoms with E-state index in [2.05, 4.69) is 33.9 Å². The predicted octanol–water partition coefficient (Wildman–Crippen LogP) is -1.70. The number of carbonyl (C=O) groups is 2. The molecule has 0 aliphatic carbocycles. The molecule has 1 aromatic heterocycles. The van der Waals surface area contributed by atoms with E-state index in [1.807, 2.05) is 6.20 Å². The molecule has 7 nitrogen and oxygen atoms in total. The molecule has 0 aliphatic rings. The van der Waals surface area contributed by atoms with Crippen molar-refractivity contribution in [3.8, 4) is 0 Å². The number of ether oxygens (including phenoxy) is 2. The molecule has 1 atom stereocenters. The zero-order chi connectivity index (χ0) is 18.7. The van der Waals surface area contributed by atoms with Crippen LogP contribution in [0.1, 0.15) is 40.0 Å². The van der Waals surface area contributed by atoms with Crippen LogP contribution in [0.15, 0.2) is 18.7 Å². The van der Waals surface area contributed by atoms with Crippen LogP contribution in [0.2, 0.25) is 0 Å². The predicted molar refractivity (Wildman–Crippen MR) is 93.8 cm³/mol. The fourth-order valence-electron chi connectivity index (χ4n) is 2.47. The first-order valence-corrected chi connectivity index (χ1v) is 8.86. The minimum atomic E-state index is -0.878. The standard InChI is InChI=1S/C18H31N3O4.BrH/c1-5-6-9-20-11-12-21(15-20)10-7-8-19-17(23)18(3,13-24-4)14-25-16(2)22;/h11-12,15H,5-10,13-14H2,1-4H3;1H. The normalized spacial score (nSPS) is 12.8. The fourth-order valence-corrected chi connectivity index (χ4v) is 2.47. The number of hydrogen-bond donors (Lipinski definition) is 1. The number of hydrogen-bond acceptors (Lipinski definition) is 4. The smallest absolute Gasteiger partial charge is 0.302 e. The maximum absolute atomic E-state index is 12.4. The van der Waals surface area contributed by atoms with Crippen LogP contribution in [-0.4, -0.2) is 43.3 Å². The summed E-state index contributed by atoms with van der Waals surface area (Å²) in [6.07, 6.45) is 9.39. The fraction of sp³-hybridized carbons (Fsp3) is 0.722. The van der Waals surface area contributed by atoms with Gasteiger partial charge in [0, 0.05) is 27.0 Å². The van der Waals surface area contributed by atoms with Crippen molar-refractivity contribution in [2.24, 2.45) is 5.41 Å². The summed E-state index contributed by atoms with van der Waals surface area (Å²) in [6.45, 7) is 7.88. The second-order valence-corrected chi connectivity index (χ2v) is 6.63. The number of nitrogens with one attached hydrogen (secondary N) is 1. The number of aryl methyl sites for hydroxylation is 2. The highest BCUT2D eigenvalue weighted by Gasteiger charge is 2.34. The van der Waals surface area contributed by atoms with E-state index in [1.165, 1.54) is 26.9 Å². The van der Waals surface area contributed by atoms with Crippen molar-refractivity contribution in [1.29, 1.82) is 0 Å². The van der Waals surface area contributed by atoms with Gasteiger partial charge in [-0.15, -0.1) is 0 Å². The highest BCUT2D eigenvalue weighted by atomic mass is 79.9. The lowest BCUT2D eigenvalue weighted by molar-refractivity contribution is -0.696. The molecule has 26 heavy (non-hydrogen) atoms. The summed E-state index contributed by atoms with van der Waals surface area (Å²) in [5.41, 5.74) is -0.878. The van der Waals surface area contributed by atoms with E-state index in [-0.39, 0.29) is 36.1 Å². The number of carbonyl (C=O) groups excluding carboxylic acids is 2. The van der Waals surface area contributed by atoms with Gasteiger partial charge in [-0.3, -0.25) is 9.59 Å². The summed E-state index contributed by atoms with van der Waals surface area (Å²) in [7, 11) is 1.53. The maximum Gasteiger partial charge on any atom is 0.302 e. The summed E-state index contributed by atoms with van der Waals surface area (Å²) in [6, 6.07) is 0. The molecule has 0 radical (unpaired) electrons. The van der Waals surface area contributed by atoms with Crippen molar-refractivity contribution in [2.75, 3.05) is 26.9 Å². The van der Waals surface area contributed by atoms with Crippen LogP contribution >= 0.6 is 0 Å². The Morgan fingerprint density at radius 3 is 2.62 bits per heavy atom. The summed E-state index contributed by atoms with van der Waals surface area (Å²) < 4.78 is 14.4. The summed E-state index contributed by atoms with van der Waals surface area (Å²) in [5.74, 6) is -0.569. The number of imidazole rings is 1. The summed E-state index contributed by atoms with van der Waals surface area (Å²) in [5, 5.41) is 2.91. The molecule has 0 aliphatic heterocycles. The minimum Gasteiger partial charge on any atom is -1.00 e. The highest BCUT2D eigenvalue weighted by molar-refractivity contribution is 5.82. The van der Waals surface area contributed by atoms with Crippen LogP contribution in [0.3, 0.4) is 0 Å². The second-order valence-electron chi connectivity index (χ2n) is 6.63. The van der Waals surface area contributed by atoms with E-state index in [0.717, 1.165) is 19.5 Å². The first-order chi connectivity index (χ1) is 11.9. The average molecular weight is 434 g/mol. The third kappa shape index (κ3) is 8.80. The largest absolute Gasteiger partial charge is 1.00 e.